The van der Waals surface area contributed by atoms with E-state index in [9.17, 15) is 0 Å². The van der Waals surface area contributed by atoms with Crippen LogP contribution >= 0.6 is 0 Å². The lowest BCUT2D eigenvalue weighted by Gasteiger charge is -2.12. The zero-order chi connectivity index (χ0) is 6.69. The van der Waals surface area contributed by atoms with E-state index < -0.39 is 0 Å². The minimum Gasteiger partial charge on any atom is -0.330 e. The Kier molecular flexibility index (Phi) is 2.45. The van der Waals surface area contributed by atoms with Crippen LogP contribution in [0.2, 0.25) is 0 Å². The van der Waals surface area contributed by atoms with E-state index in [2.05, 4.69) is 17.6 Å². The monoisotopic (exact) mass is 129 g/mol. The fourth-order valence-electron chi connectivity index (χ4n) is 1.20. The second-order valence-electron chi connectivity index (χ2n) is 2.56. The Morgan fingerprint density at radius 2 is 2.33 bits per heavy atom. The van der Waals surface area contributed by atoms with Crippen LogP contribution in [-0.4, -0.2) is 25.3 Å². The first-order chi connectivity index (χ1) is 4.34. The van der Waals surface area contributed by atoms with Gasteiger partial charge in [0.05, 0.1) is 0 Å². The molecule has 3 nitrogen and oxygen atoms in total. The Morgan fingerprint density at radius 3 is 2.78 bits per heavy atom. The van der Waals surface area contributed by atoms with E-state index in [4.69, 9.17) is 5.73 Å². The van der Waals surface area contributed by atoms with Gasteiger partial charge in [-0.25, -0.2) is 0 Å². The summed E-state index contributed by atoms with van der Waals surface area (Å²) < 4.78 is 0. The maximum atomic E-state index is 5.40. The van der Waals surface area contributed by atoms with Crippen molar-refractivity contribution in [2.24, 2.45) is 5.73 Å². The van der Waals surface area contributed by atoms with Crippen LogP contribution in [0, 0.1) is 0 Å². The van der Waals surface area contributed by atoms with Crippen molar-refractivity contribution in [3.8, 4) is 0 Å². The molecule has 0 aromatic carbocycles. The number of nitrogens with two attached hydrogens (primary N) is 1. The van der Waals surface area contributed by atoms with Crippen molar-refractivity contribution < 1.29 is 0 Å². The first-order valence-electron chi connectivity index (χ1n) is 3.51. The zero-order valence-corrected chi connectivity index (χ0v) is 5.85. The lowest BCUT2D eigenvalue weighted by Crippen LogP contribution is -2.32. The third-order valence-corrected chi connectivity index (χ3v) is 1.87. The van der Waals surface area contributed by atoms with Crippen LogP contribution < -0.4 is 16.4 Å². The molecule has 54 valence electrons. The molecule has 0 amide bonds. The molecule has 9 heavy (non-hydrogen) atoms. The highest BCUT2D eigenvalue weighted by Crippen LogP contribution is 2.01. The van der Waals surface area contributed by atoms with Crippen molar-refractivity contribution >= 4 is 0 Å². The van der Waals surface area contributed by atoms with E-state index in [1.807, 2.05) is 0 Å². The van der Waals surface area contributed by atoms with Crippen molar-refractivity contribution in [3.05, 3.63) is 0 Å². The van der Waals surface area contributed by atoms with E-state index in [1.165, 1.54) is 0 Å². The molecule has 4 N–H and O–H groups in total. The van der Waals surface area contributed by atoms with Gasteiger partial charge in [-0.3, -0.25) is 0 Å². The van der Waals surface area contributed by atoms with Gasteiger partial charge in [-0.15, -0.1) is 0 Å². The third-order valence-electron chi connectivity index (χ3n) is 1.87. The summed E-state index contributed by atoms with van der Waals surface area (Å²) in [6.45, 7) is 3.90. The molecule has 1 aliphatic rings. The summed E-state index contributed by atoms with van der Waals surface area (Å²) in [6, 6.07) is 1.18. The molecular formula is C6H15N3. The van der Waals surface area contributed by atoms with E-state index in [0.717, 1.165) is 19.6 Å². The van der Waals surface area contributed by atoms with Gasteiger partial charge in [0.1, 0.15) is 0 Å². The van der Waals surface area contributed by atoms with Gasteiger partial charge in [-0.2, -0.15) is 0 Å². The van der Waals surface area contributed by atoms with E-state index in [1.54, 1.807) is 0 Å². The summed E-state index contributed by atoms with van der Waals surface area (Å²) in [5.74, 6) is 0. The third kappa shape index (κ3) is 1.64. The van der Waals surface area contributed by atoms with Crippen LogP contribution in [0.3, 0.4) is 0 Å². The summed E-state index contributed by atoms with van der Waals surface area (Å²) in [4.78, 5) is 0. The lowest BCUT2D eigenvalue weighted by molar-refractivity contribution is 0.512. The predicted molar refractivity (Wildman–Crippen MR) is 38.1 cm³/mol. The largest absolute Gasteiger partial charge is 0.330 e. The van der Waals surface area contributed by atoms with Crippen molar-refractivity contribution in [3.63, 3.8) is 0 Å². The zero-order valence-electron chi connectivity index (χ0n) is 5.85. The van der Waals surface area contributed by atoms with E-state index in [0.29, 0.717) is 12.1 Å². The topological polar surface area (TPSA) is 50.1 Å². The van der Waals surface area contributed by atoms with Crippen LogP contribution in [0.4, 0.5) is 0 Å². The smallest absolute Gasteiger partial charge is 0.0459 e. The van der Waals surface area contributed by atoms with Gasteiger partial charge in [0.25, 0.3) is 0 Å². The van der Waals surface area contributed by atoms with Crippen LogP contribution in [0.1, 0.15) is 13.3 Å². The molecule has 0 aromatic heterocycles. The summed E-state index contributed by atoms with van der Waals surface area (Å²) in [5, 5.41) is 6.60. The number of nitrogens with one attached hydrogen (secondary N) is 2. The van der Waals surface area contributed by atoms with Crippen LogP contribution in [0.25, 0.3) is 0 Å². The van der Waals surface area contributed by atoms with Crippen LogP contribution in [0.5, 0.6) is 0 Å². The maximum Gasteiger partial charge on any atom is 0.0459 e. The molecule has 0 aliphatic carbocycles. The van der Waals surface area contributed by atoms with E-state index >= 15 is 0 Å². The molecule has 1 aliphatic heterocycles. The second-order valence-corrected chi connectivity index (χ2v) is 2.56. The molecule has 1 heterocycles. The molecule has 0 saturated carbocycles. The highest BCUT2D eigenvalue weighted by atomic mass is 15.2. The normalized spacial score (nSPS) is 35.3. The first-order valence-corrected chi connectivity index (χ1v) is 3.51. The number of hydrogen-bond donors (Lipinski definition) is 3. The van der Waals surface area contributed by atoms with E-state index in [-0.39, 0.29) is 0 Å². The van der Waals surface area contributed by atoms with Crippen LogP contribution in [-0.2, 0) is 0 Å². The maximum absolute atomic E-state index is 5.40. The first kappa shape index (κ1) is 6.99. The van der Waals surface area contributed by atoms with Crippen LogP contribution in [0.15, 0.2) is 0 Å². The van der Waals surface area contributed by atoms with Crippen molar-refractivity contribution in [2.45, 2.75) is 25.4 Å². The summed E-state index contributed by atoms with van der Waals surface area (Å²) in [7, 11) is 0. The highest BCUT2D eigenvalue weighted by molar-refractivity contribution is 4.83. The van der Waals surface area contributed by atoms with Crippen molar-refractivity contribution in [2.75, 3.05) is 13.2 Å². The fourth-order valence-corrected chi connectivity index (χ4v) is 1.20. The Hall–Kier alpha value is -0.120. The summed E-state index contributed by atoms with van der Waals surface area (Å²) >= 11 is 0. The van der Waals surface area contributed by atoms with Gasteiger partial charge in [-0.05, 0) is 19.9 Å². The molecule has 2 unspecified atom stereocenters. The molecule has 2 atom stereocenters. The molecule has 0 bridgehead atoms. The summed E-state index contributed by atoms with van der Waals surface area (Å²) in [6.07, 6.45) is 1.08. The number of hydrogen-bond acceptors (Lipinski definition) is 3. The molecule has 1 fully saturated rings. The minimum atomic E-state index is 0.591. The summed E-state index contributed by atoms with van der Waals surface area (Å²) in [5.41, 5.74) is 5.40. The van der Waals surface area contributed by atoms with Gasteiger partial charge in [0.2, 0.25) is 0 Å². The quantitative estimate of drug-likeness (QED) is 0.459. The minimum absolute atomic E-state index is 0.591. The molecule has 1 rings (SSSR count). The standard InChI is InChI=1S/C6H15N3/c1-5-6(2-3-7)9-4-8-5/h5-6,8-9H,2-4,7H2,1H3. The molecular weight excluding hydrogens is 114 g/mol. The van der Waals surface area contributed by atoms with Crippen molar-refractivity contribution in [1.29, 1.82) is 0 Å². The molecule has 0 aromatic rings. The van der Waals surface area contributed by atoms with Crippen molar-refractivity contribution in [1.82, 2.24) is 10.6 Å². The molecule has 3 heteroatoms. The molecule has 0 spiro atoms. The fraction of sp³-hybridized carbons (Fsp3) is 1.00. The Labute approximate surface area is 56.0 Å². The van der Waals surface area contributed by atoms with Gasteiger partial charge in [-0.1, -0.05) is 0 Å². The second kappa shape index (κ2) is 3.15. The van der Waals surface area contributed by atoms with Gasteiger partial charge in [0.15, 0.2) is 0 Å². The molecule has 0 radical (unpaired) electrons. The Balaban J connectivity index is 2.22. The Morgan fingerprint density at radius 1 is 1.56 bits per heavy atom. The SMILES string of the molecule is CC1NCNC1CCN. The Bertz CT molecular complexity index is 84.4. The van der Waals surface area contributed by atoms with Gasteiger partial charge in [0, 0.05) is 18.8 Å². The van der Waals surface area contributed by atoms with Gasteiger partial charge < -0.3 is 16.4 Å². The highest BCUT2D eigenvalue weighted by Gasteiger charge is 2.20. The average Bonchev–Trinajstić information content (AvgIpc) is 2.18. The molecule has 1 saturated heterocycles. The predicted octanol–water partition coefficient (Wildman–Crippen LogP) is -0.757. The average molecular weight is 129 g/mol. The number of rotatable bonds is 2. The van der Waals surface area contributed by atoms with Gasteiger partial charge >= 0.3 is 0 Å². The lowest BCUT2D eigenvalue weighted by atomic mass is 10.1.